The number of nitrogens with one attached hydrogen (secondary N) is 1. The Morgan fingerprint density at radius 2 is 2.25 bits per heavy atom. The summed E-state index contributed by atoms with van der Waals surface area (Å²) < 4.78 is 15.6. The molecule has 1 aliphatic rings. The molecule has 0 saturated carbocycles. The molecule has 0 aromatic carbocycles. The zero-order valence-electron chi connectivity index (χ0n) is 11.5. The Morgan fingerprint density at radius 3 is 3.05 bits per heavy atom. The summed E-state index contributed by atoms with van der Waals surface area (Å²) in [6.45, 7) is 1.43. The topological polar surface area (TPSA) is 71.8 Å². The molecule has 3 rings (SSSR count). The van der Waals surface area contributed by atoms with E-state index in [1.165, 1.54) is 6.20 Å². The number of fused-ring (bicyclic) bond motifs is 1. The number of aromatic nitrogens is 5. The molecule has 1 N–H and O–H groups in total. The quantitative estimate of drug-likeness (QED) is 0.892. The van der Waals surface area contributed by atoms with E-state index in [1.54, 1.807) is 19.0 Å². The number of rotatable bonds is 4. The lowest BCUT2D eigenvalue weighted by Gasteiger charge is -2.13. The first-order valence-corrected chi connectivity index (χ1v) is 6.50. The number of anilines is 2. The summed E-state index contributed by atoms with van der Waals surface area (Å²) in [5, 5.41) is 11.3. The van der Waals surface area contributed by atoms with E-state index < -0.39 is 5.82 Å². The molecule has 0 bridgehead atoms. The van der Waals surface area contributed by atoms with Crippen molar-refractivity contribution < 1.29 is 4.39 Å². The zero-order valence-corrected chi connectivity index (χ0v) is 11.5. The molecule has 0 radical (unpaired) electrons. The van der Waals surface area contributed by atoms with E-state index in [4.69, 9.17) is 0 Å². The van der Waals surface area contributed by atoms with Gasteiger partial charge in [0.25, 0.3) is 0 Å². The van der Waals surface area contributed by atoms with Crippen molar-refractivity contribution in [2.45, 2.75) is 25.9 Å². The summed E-state index contributed by atoms with van der Waals surface area (Å²) in [5.74, 6) is 2.08. The van der Waals surface area contributed by atoms with Crippen LogP contribution in [0.2, 0.25) is 0 Å². The predicted molar refractivity (Wildman–Crippen MR) is 72.0 cm³/mol. The van der Waals surface area contributed by atoms with E-state index >= 15 is 0 Å². The van der Waals surface area contributed by atoms with Gasteiger partial charge in [-0.25, -0.2) is 9.37 Å². The molecule has 2 aromatic heterocycles. The smallest absolute Gasteiger partial charge is 0.225 e. The SMILES string of the molecule is CN(C)c1nc(NCc2nnc3n2CCC3)ncc1F. The first-order chi connectivity index (χ1) is 9.65. The third-order valence-corrected chi connectivity index (χ3v) is 3.24. The van der Waals surface area contributed by atoms with Gasteiger partial charge >= 0.3 is 0 Å². The Labute approximate surface area is 115 Å². The molecule has 106 valence electrons. The van der Waals surface area contributed by atoms with Gasteiger partial charge in [-0.15, -0.1) is 10.2 Å². The Morgan fingerprint density at radius 1 is 1.40 bits per heavy atom. The molecule has 0 spiro atoms. The molecule has 7 nitrogen and oxygen atoms in total. The van der Waals surface area contributed by atoms with E-state index in [-0.39, 0.29) is 5.82 Å². The van der Waals surface area contributed by atoms with Crippen molar-refractivity contribution in [3.05, 3.63) is 23.7 Å². The molecular formula is C12H16FN7. The van der Waals surface area contributed by atoms with Crippen LogP contribution in [0.5, 0.6) is 0 Å². The van der Waals surface area contributed by atoms with Crippen molar-refractivity contribution in [1.29, 1.82) is 0 Å². The van der Waals surface area contributed by atoms with Crippen molar-refractivity contribution in [2.75, 3.05) is 24.3 Å². The van der Waals surface area contributed by atoms with E-state index in [2.05, 4.69) is 30.0 Å². The normalized spacial score (nSPS) is 13.3. The fourth-order valence-electron chi connectivity index (χ4n) is 2.26. The summed E-state index contributed by atoms with van der Waals surface area (Å²) >= 11 is 0. The van der Waals surface area contributed by atoms with E-state index in [1.807, 2.05) is 0 Å². The van der Waals surface area contributed by atoms with Crippen LogP contribution in [0, 0.1) is 5.82 Å². The fourth-order valence-corrected chi connectivity index (χ4v) is 2.26. The molecule has 2 aromatic rings. The van der Waals surface area contributed by atoms with Crippen LogP contribution in [0.1, 0.15) is 18.1 Å². The summed E-state index contributed by atoms with van der Waals surface area (Å²) in [4.78, 5) is 9.68. The van der Waals surface area contributed by atoms with Crippen LogP contribution < -0.4 is 10.2 Å². The van der Waals surface area contributed by atoms with Gasteiger partial charge < -0.3 is 14.8 Å². The molecule has 0 aliphatic carbocycles. The maximum Gasteiger partial charge on any atom is 0.225 e. The van der Waals surface area contributed by atoms with E-state index in [0.717, 1.165) is 31.0 Å². The van der Waals surface area contributed by atoms with Crippen LogP contribution >= 0.6 is 0 Å². The summed E-state index contributed by atoms with van der Waals surface area (Å²) in [6, 6.07) is 0. The molecule has 0 unspecified atom stereocenters. The van der Waals surface area contributed by atoms with Crippen LogP contribution in [-0.4, -0.2) is 38.8 Å². The van der Waals surface area contributed by atoms with E-state index in [0.29, 0.717) is 12.5 Å². The van der Waals surface area contributed by atoms with Crippen molar-refractivity contribution in [3.63, 3.8) is 0 Å². The zero-order chi connectivity index (χ0) is 14.1. The van der Waals surface area contributed by atoms with E-state index in [9.17, 15) is 4.39 Å². The van der Waals surface area contributed by atoms with Crippen LogP contribution in [0.25, 0.3) is 0 Å². The van der Waals surface area contributed by atoms with Gasteiger partial charge in [-0.2, -0.15) is 4.98 Å². The molecule has 8 heteroatoms. The highest BCUT2D eigenvalue weighted by molar-refractivity contribution is 5.42. The predicted octanol–water partition coefficient (Wildman–Crippen LogP) is 0.831. The monoisotopic (exact) mass is 277 g/mol. The Hall–Kier alpha value is -2.25. The molecule has 20 heavy (non-hydrogen) atoms. The highest BCUT2D eigenvalue weighted by atomic mass is 19.1. The molecule has 0 amide bonds. The van der Waals surface area contributed by atoms with Crippen LogP contribution in [0.4, 0.5) is 16.2 Å². The highest BCUT2D eigenvalue weighted by Gasteiger charge is 2.17. The third-order valence-electron chi connectivity index (χ3n) is 3.24. The van der Waals surface area contributed by atoms with Crippen molar-refractivity contribution in [1.82, 2.24) is 24.7 Å². The Bertz CT molecular complexity index is 622. The minimum Gasteiger partial charge on any atom is -0.360 e. The Kier molecular flexibility index (Phi) is 3.21. The second-order valence-electron chi connectivity index (χ2n) is 4.90. The number of nitrogens with zero attached hydrogens (tertiary/aromatic N) is 6. The number of aryl methyl sites for hydroxylation is 1. The number of hydrogen-bond donors (Lipinski definition) is 1. The maximum absolute atomic E-state index is 13.5. The van der Waals surface area contributed by atoms with Gasteiger partial charge in [0.2, 0.25) is 5.95 Å². The molecule has 1 aliphatic heterocycles. The lowest BCUT2D eigenvalue weighted by molar-refractivity contribution is 0.612. The van der Waals surface area contributed by atoms with Crippen molar-refractivity contribution >= 4 is 11.8 Å². The maximum atomic E-state index is 13.5. The first kappa shape index (κ1) is 12.8. The van der Waals surface area contributed by atoms with Crippen LogP contribution in [0.15, 0.2) is 6.20 Å². The average molecular weight is 277 g/mol. The van der Waals surface area contributed by atoms with Gasteiger partial charge in [0, 0.05) is 27.1 Å². The molecule has 3 heterocycles. The molecule has 0 atom stereocenters. The van der Waals surface area contributed by atoms with Gasteiger partial charge in [0.1, 0.15) is 5.82 Å². The lowest BCUT2D eigenvalue weighted by Crippen LogP contribution is -2.15. The summed E-state index contributed by atoms with van der Waals surface area (Å²) in [6.07, 6.45) is 3.25. The van der Waals surface area contributed by atoms with Gasteiger partial charge in [-0.05, 0) is 6.42 Å². The minimum atomic E-state index is -0.441. The number of hydrogen-bond acceptors (Lipinski definition) is 6. The average Bonchev–Trinajstić information content (AvgIpc) is 3.01. The van der Waals surface area contributed by atoms with Gasteiger partial charge in [0.05, 0.1) is 12.7 Å². The molecular weight excluding hydrogens is 261 g/mol. The fraction of sp³-hybridized carbons (Fsp3) is 0.500. The molecule has 0 fully saturated rings. The largest absolute Gasteiger partial charge is 0.360 e. The minimum absolute atomic E-state index is 0.258. The Balaban J connectivity index is 1.73. The van der Waals surface area contributed by atoms with Crippen LogP contribution in [0.3, 0.4) is 0 Å². The second kappa shape index (κ2) is 5.03. The standard InChI is InChI=1S/C12H16FN7/c1-19(2)11-8(13)6-14-12(16-11)15-7-10-18-17-9-4-3-5-20(9)10/h6H,3-5,7H2,1-2H3,(H,14,15,16). The van der Waals surface area contributed by atoms with Crippen molar-refractivity contribution in [3.8, 4) is 0 Å². The van der Waals surface area contributed by atoms with Gasteiger partial charge in [0.15, 0.2) is 17.5 Å². The lowest BCUT2D eigenvalue weighted by atomic mass is 10.4. The first-order valence-electron chi connectivity index (χ1n) is 6.50. The van der Waals surface area contributed by atoms with Gasteiger partial charge in [-0.3, -0.25) is 0 Å². The second-order valence-corrected chi connectivity index (χ2v) is 4.90. The summed E-state index contributed by atoms with van der Waals surface area (Å²) in [5.41, 5.74) is 0. The number of halogens is 1. The van der Waals surface area contributed by atoms with Crippen LogP contribution in [-0.2, 0) is 19.5 Å². The third kappa shape index (κ3) is 2.28. The highest BCUT2D eigenvalue weighted by Crippen LogP contribution is 2.16. The summed E-state index contributed by atoms with van der Waals surface area (Å²) in [7, 11) is 3.47. The van der Waals surface area contributed by atoms with Gasteiger partial charge in [-0.1, -0.05) is 0 Å². The molecule has 0 saturated heterocycles. The van der Waals surface area contributed by atoms with Crippen molar-refractivity contribution in [2.24, 2.45) is 0 Å².